The molecule has 0 N–H and O–H groups in total. The fraction of sp³-hybridized carbons (Fsp3) is 0. The summed E-state index contributed by atoms with van der Waals surface area (Å²) in [4.78, 5) is 19.5. The van der Waals surface area contributed by atoms with Crippen molar-refractivity contribution in [3.63, 3.8) is 0 Å². The lowest BCUT2D eigenvalue weighted by molar-refractivity contribution is 0.484. The molecule has 4 aromatic carbocycles. The first-order chi connectivity index (χ1) is 23.3. The summed E-state index contributed by atoms with van der Waals surface area (Å²) < 4.78 is 10.8. The minimum Gasteiger partial charge on any atom is -0.457 e. The normalized spacial score (nSPS) is 11.8. The zero-order chi connectivity index (χ0) is 30.9. The van der Waals surface area contributed by atoms with E-state index in [4.69, 9.17) is 14.7 Å². The van der Waals surface area contributed by atoms with Gasteiger partial charge >= 0.3 is 0 Å². The van der Waals surface area contributed by atoms with Crippen LogP contribution < -0.4 is 4.74 Å². The van der Waals surface area contributed by atoms with Crippen LogP contribution in [0.5, 0.6) is 11.5 Å². The minimum atomic E-state index is 0.720. The Bertz CT molecular complexity index is 2820. The SMILES string of the molecule is c1ccc(-c2ccc3c4ccc(Oc5ccc6c7cccnc7n7ccnc7c6c5)cc4c4ncc(-c5ccccc5)n4c3n2)cc1. The number of nitrogens with zero attached hydrogens (tertiary/aromatic N) is 6. The lowest BCUT2D eigenvalue weighted by Gasteiger charge is -2.14. The number of pyridine rings is 4. The summed E-state index contributed by atoms with van der Waals surface area (Å²) in [6.45, 7) is 0. The molecule has 6 aromatic heterocycles. The number of rotatable bonds is 4. The highest BCUT2D eigenvalue weighted by molar-refractivity contribution is 6.13. The van der Waals surface area contributed by atoms with Crippen molar-refractivity contribution in [2.24, 2.45) is 0 Å². The maximum absolute atomic E-state index is 6.56. The molecule has 7 heteroatoms. The topological polar surface area (TPSA) is 69.6 Å². The van der Waals surface area contributed by atoms with Crippen LogP contribution in [0.4, 0.5) is 0 Å². The van der Waals surface area contributed by atoms with E-state index in [0.29, 0.717) is 0 Å². The highest BCUT2D eigenvalue weighted by Gasteiger charge is 2.18. The summed E-state index contributed by atoms with van der Waals surface area (Å²) in [7, 11) is 0. The molecule has 10 rings (SSSR count). The molecule has 0 bridgehead atoms. The van der Waals surface area contributed by atoms with Crippen LogP contribution in [0.3, 0.4) is 0 Å². The van der Waals surface area contributed by atoms with Gasteiger partial charge in [0.25, 0.3) is 0 Å². The molecule has 0 saturated heterocycles. The second-order valence-electron chi connectivity index (χ2n) is 11.6. The van der Waals surface area contributed by atoms with Crippen molar-refractivity contribution >= 4 is 54.9 Å². The third-order valence-electron chi connectivity index (χ3n) is 8.92. The Morgan fingerprint density at radius 3 is 1.87 bits per heavy atom. The number of hydrogen-bond acceptors (Lipinski definition) is 5. The number of imidazole rings is 2. The number of hydrogen-bond donors (Lipinski definition) is 0. The quantitative estimate of drug-likeness (QED) is 0.187. The van der Waals surface area contributed by atoms with Gasteiger partial charge in [-0.3, -0.25) is 8.80 Å². The van der Waals surface area contributed by atoms with Crippen molar-refractivity contribution in [1.29, 1.82) is 0 Å². The molecular weight excluding hydrogens is 580 g/mol. The Balaban J connectivity index is 1.16. The first-order valence-corrected chi connectivity index (χ1v) is 15.5. The molecule has 0 radical (unpaired) electrons. The summed E-state index contributed by atoms with van der Waals surface area (Å²) in [5.74, 6) is 1.45. The van der Waals surface area contributed by atoms with Crippen LogP contribution in [-0.4, -0.2) is 28.7 Å². The fourth-order valence-electron chi connectivity index (χ4n) is 6.79. The van der Waals surface area contributed by atoms with E-state index in [0.717, 1.165) is 88.9 Å². The largest absolute Gasteiger partial charge is 0.457 e. The van der Waals surface area contributed by atoms with Gasteiger partial charge in [0.05, 0.1) is 17.6 Å². The van der Waals surface area contributed by atoms with Gasteiger partial charge in [-0.05, 0) is 71.4 Å². The summed E-state index contributed by atoms with van der Waals surface area (Å²) in [6, 6.07) is 41.3. The van der Waals surface area contributed by atoms with Crippen LogP contribution in [-0.2, 0) is 0 Å². The lowest BCUT2D eigenvalue weighted by atomic mass is 10.1. The monoisotopic (exact) mass is 604 g/mol. The minimum absolute atomic E-state index is 0.720. The summed E-state index contributed by atoms with van der Waals surface area (Å²) in [5, 5.41) is 6.25. The second kappa shape index (κ2) is 9.95. The van der Waals surface area contributed by atoms with E-state index in [-0.39, 0.29) is 0 Å². The predicted octanol–water partition coefficient (Wildman–Crippen LogP) is 9.51. The molecule has 0 aliphatic heterocycles. The highest BCUT2D eigenvalue weighted by atomic mass is 16.5. The Kier molecular flexibility index (Phi) is 5.44. The third-order valence-corrected chi connectivity index (χ3v) is 8.92. The maximum atomic E-state index is 6.56. The number of fused-ring (bicyclic) bond motifs is 12. The van der Waals surface area contributed by atoms with E-state index in [1.807, 2.05) is 77.6 Å². The van der Waals surface area contributed by atoms with E-state index in [1.165, 1.54) is 0 Å². The molecule has 0 amide bonds. The van der Waals surface area contributed by atoms with E-state index in [9.17, 15) is 0 Å². The lowest BCUT2D eigenvalue weighted by Crippen LogP contribution is -1.98. The second-order valence-corrected chi connectivity index (χ2v) is 11.6. The maximum Gasteiger partial charge on any atom is 0.147 e. The van der Waals surface area contributed by atoms with Crippen molar-refractivity contribution in [2.75, 3.05) is 0 Å². The van der Waals surface area contributed by atoms with Gasteiger partial charge in [-0.2, -0.15) is 0 Å². The van der Waals surface area contributed by atoms with Gasteiger partial charge < -0.3 is 4.74 Å². The smallest absolute Gasteiger partial charge is 0.147 e. The molecule has 10 aromatic rings. The van der Waals surface area contributed by atoms with Gasteiger partial charge in [-0.15, -0.1) is 0 Å². The predicted molar refractivity (Wildman–Crippen MR) is 187 cm³/mol. The van der Waals surface area contributed by atoms with Crippen LogP contribution in [0, 0.1) is 0 Å². The Morgan fingerprint density at radius 2 is 1.11 bits per heavy atom. The molecule has 0 aliphatic rings. The zero-order valence-corrected chi connectivity index (χ0v) is 24.9. The molecule has 0 atom stereocenters. The Labute approximate surface area is 268 Å². The highest BCUT2D eigenvalue weighted by Crippen LogP contribution is 2.37. The summed E-state index contributed by atoms with van der Waals surface area (Å²) in [5.41, 5.74) is 7.45. The van der Waals surface area contributed by atoms with Gasteiger partial charge in [0, 0.05) is 51.3 Å². The molecule has 47 heavy (non-hydrogen) atoms. The number of aromatic nitrogens is 6. The Morgan fingerprint density at radius 1 is 0.468 bits per heavy atom. The average Bonchev–Trinajstić information content (AvgIpc) is 3.82. The van der Waals surface area contributed by atoms with Crippen molar-refractivity contribution in [3.05, 3.63) is 146 Å². The molecular formula is C40H24N6O. The molecule has 220 valence electrons. The number of ether oxygens (including phenoxy) is 1. The average molecular weight is 605 g/mol. The van der Waals surface area contributed by atoms with E-state index < -0.39 is 0 Å². The van der Waals surface area contributed by atoms with Crippen LogP contribution in [0.15, 0.2) is 146 Å². The molecule has 0 saturated carbocycles. The first kappa shape index (κ1) is 25.7. The van der Waals surface area contributed by atoms with Gasteiger partial charge in [0.15, 0.2) is 0 Å². The standard InChI is InChI=1S/C40H24N6O/c1-3-8-25(9-4-1)35-18-17-32-30-16-14-28(23-34(30)39-43-24-36(46(39)40(32)44-35)26-10-5-2-6-11-26)47-27-13-15-29-31-12-7-19-41-37(31)45-21-20-42-38(45)33(29)22-27/h1-24H. The molecule has 7 nitrogen and oxygen atoms in total. The molecule has 0 spiro atoms. The third kappa shape index (κ3) is 3.93. The van der Waals surface area contributed by atoms with Crippen molar-refractivity contribution in [2.45, 2.75) is 0 Å². The van der Waals surface area contributed by atoms with Crippen molar-refractivity contribution < 1.29 is 4.74 Å². The van der Waals surface area contributed by atoms with Crippen LogP contribution in [0.25, 0.3) is 77.4 Å². The summed E-state index contributed by atoms with van der Waals surface area (Å²) >= 11 is 0. The van der Waals surface area contributed by atoms with Crippen LogP contribution in [0.2, 0.25) is 0 Å². The van der Waals surface area contributed by atoms with Gasteiger partial charge in [-0.25, -0.2) is 19.9 Å². The van der Waals surface area contributed by atoms with E-state index in [2.05, 4.69) is 81.1 Å². The van der Waals surface area contributed by atoms with Gasteiger partial charge in [0.2, 0.25) is 0 Å². The molecule has 6 heterocycles. The van der Waals surface area contributed by atoms with E-state index in [1.54, 1.807) is 6.20 Å². The fourth-order valence-corrected chi connectivity index (χ4v) is 6.79. The van der Waals surface area contributed by atoms with Crippen molar-refractivity contribution in [1.82, 2.24) is 28.7 Å². The molecule has 0 aliphatic carbocycles. The van der Waals surface area contributed by atoms with Crippen molar-refractivity contribution in [3.8, 4) is 34.0 Å². The van der Waals surface area contributed by atoms with Gasteiger partial charge in [-0.1, -0.05) is 60.7 Å². The summed E-state index contributed by atoms with van der Waals surface area (Å²) in [6.07, 6.45) is 7.50. The number of benzene rings is 4. The van der Waals surface area contributed by atoms with E-state index >= 15 is 0 Å². The first-order valence-electron chi connectivity index (χ1n) is 15.5. The Hall–Kier alpha value is -6.60. The zero-order valence-electron chi connectivity index (χ0n) is 24.9. The molecule has 0 fully saturated rings. The van der Waals surface area contributed by atoms with Gasteiger partial charge in [0.1, 0.15) is 34.1 Å². The van der Waals surface area contributed by atoms with Crippen LogP contribution >= 0.6 is 0 Å². The molecule has 0 unspecified atom stereocenters. The van der Waals surface area contributed by atoms with Crippen LogP contribution in [0.1, 0.15) is 0 Å².